The van der Waals surface area contributed by atoms with E-state index in [0.29, 0.717) is 18.5 Å². The van der Waals surface area contributed by atoms with E-state index in [-0.39, 0.29) is 6.42 Å². The lowest BCUT2D eigenvalue weighted by Gasteiger charge is -2.40. The number of hydrogen-bond donors (Lipinski definition) is 1. The minimum atomic E-state index is -0.716. The third-order valence-corrected chi connectivity index (χ3v) is 4.73. The van der Waals surface area contributed by atoms with Gasteiger partial charge in [0.25, 0.3) is 0 Å². The predicted molar refractivity (Wildman–Crippen MR) is 86.6 cm³/mol. The van der Waals surface area contributed by atoms with E-state index >= 15 is 0 Å². The second-order valence-corrected chi connectivity index (χ2v) is 6.50. The summed E-state index contributed by atoms with van der Waals surface area (Å²) < 4.78 is 0. The van der Waals surface area contributed by atoms with Crippen LogP contribution >= 0.6 is 0 Å². The zero-order valence-corrected chi connectivity index (χ0v) is 13.2. The molecule has 3 nitrogen and oxygen atoms in total. The number of rotatable bonds is 6. The zero-order chi connectivity index (χ0) is 15.2. The van der Waals surface area contributed by atoms with E-state index in [1.165, 1.54) is 25.7 Å². The Morgan fingerprint density at radius 3 is 2.62 bits per heavy atom. The van der Waals surface area contributed by atoms with Crippen LogP contribution in [0.3, 0.4) is 0 Å². The van der Waals surface area contributed by atoms with Gasteiger partial charge in [-0.25, -0.2) is 0 Å². The molecular weight excluding hydrogens is 262 g/mol. The molecule has 1 aliphatic rings. The van der Waals surface area contributed by atoms with Gasteiger partial charge in [0.1, 0.15) is 0 Å². The molecule has 0 aromatic heterocycles. The number of para-hydroxylation sites is 1. The topological polar surface area (TPSA) is 40.5 Å². The number of carbonyl (C=O) groups is 1. The molecule has 0 radical (unpaired) electrons. The number of anilines is 1. The Morgan fingerprint density at radius 2 is 2.00 bits per heavy atom. The lowest BCUT2D eigenvalue weighted by Crippen LogP contribution is -2.41. The fourth-order valence-electron chi connectivity index (χ4n) is 3.45. The van der Waals surface area contributed by atoms with Crippen LogP contribution in [0.5, 0.6) is 0 Å². The lowest BCUT2D eigenvalue weighted by atomic mass is 9.78. The van der Waals surface area contributed by atoms with Crippen LogP contribution in [0.25, 0.3) is 0 Å². The van der Waals surface area contributed by atoms with Gasteiger partial charge in [-0.2, -0.15) is 0 Å². The van der Waals surface area contributed by atoms with Crippen LogP contribution in [0, 0.1) is 11.8 Å². The lowest BCUT2D eigenvalue weighted by molar-refractivity contribution is -0.136. The van der Waals surface area contributed by atoms with Gasteiger partial charge in [0.2, 0.25) is 0 Å². The van der Waals surface area contributed by atoms with Gasteiger partial charge in [-0.05, 0) is 36.8 Å². The average molecular weight is 289 g/mol. The Kier molecular flexibility index (Phi) is 5.66. The second-order valence-electron chi connectivity index (χ2n) is 6.50. The monoisotopic (exact) mass is 289 g/mol. The highest BCUT2D eigenvalue weighted by Gasteiger charge is 2.28. The number of aliphatic carboxylic acids is 1. The summed E-state index contributed by atoms with van der Waals surface area (Å²) in [5, 5.41) is 9.02. The van der Waals surface area contributed by atoms with Gasteiger partial charge in [-0.1, -0.05) is 44.9 Å². The second kappa shape index (κ2) is 7.48. The summed E-state index contributed by atoms with van der Waals surface area (Å²) in [4.78, 5) is 13.3. The molecule has 2 atom stereocenters. The number of nitrogens with zero attached hydrogens (tertiary/aromatic N) is 1. The van der Waals surface area contributed by atoms with Crippen molar-refractivity contribution in [1.82, 2.24) is 0 Å². The van der Waals surface area contributed by atoms with Gasteiger partial charge in [0, 0.05) is 18.3 Å². The van der Waals surface area contributed by atoms with Gasteiger partial charge in [-0.3, -0.25) is 4.79 Å². The van der Waals surface area contributed by atoms with E-state index in [2.05, 4.69) is 30.9 Å². The van der Waals surface area contributed by atoms with E-state index in [1.54, 1.807) is 0 Å². The van der Waals surface area contributed by atoms with Crippen LogP contribution in [0.15, 0.2) is 30.3 Å². The molecule has 2 rings (SSSR count). The van der Waals surface area contributed by atoms with Gasteiger partial charge >= 0.3 is 5.97 Å². The molecule has 116 valence electrons. The first-order valence-electron chi connectivity index (χ1n) is 8.11. The average Bonchev–Trinajstić information content (AvgIpc) is 2.48. The quantitative estimate of drug-likeness (QED) is 0.854. The zero-order valence-electron chi connectivity index (χ0n) is 13.2. The first kappa shape index (κ1) is 15.9. The summed E-state index contributed by atoms with van der Waals surface area (Å²) in [5.41, 5.74) is 1.16. The van der Waals surface area contributed by atoms with Crippen molar-refractivity contribution >= 4 is 11.7 Å². The molecule has 0 saturated heterocycles. The Balaban J connectivity index is 2.12. The molecule has 3 heteroatoms. The highest BCUT2D eigenvalue weighted by Crippen LogP contribution is 2.34. The molecule has 1 aromatic carbocycles. The van der Waals surface area contributed by atoms with Crippen molar-refractivity contribution in [2.75, 3.05) is 11.4 Å². The SMILES string of the molecule is CC(C)C1CCCC(N(CCC(=O)O)c2ccccc2)C1. The van der Waals surface area contributed by atoms with Crippen molar-refractivity contribution in [3.05, 3.63) is 30.3 Å². The molecule has 1 aliphatic carbocycles. The number of hydrogen-bond acceptors (Lipinski definition) is 2. The molecule has 1 saturated carbocycles. The minimum absolute atomic E-state index is 0.206. The van der Waals surface area contributed by atoms with Crippen molar-refractivity contribution in [2.24, 2.45) is 11.8 Å². The fourth-order valence-corrected chi connectivity index (χ4v) is 3.45. The maximum absolute atomic E-state index is 11.0. The van der Waals surface area contributed by atoms with Gasteiger partial charge in [-0.15, -0.1) is 0 Å². The predicted octanol–water partition coefficient (Wildman–Crippen LogP) is 4.18. The summed E-state index contributed by atoms with van der Waals surface area (Å²) in [5.74, 6) is 0.761. The molecule has 0 aliphatic heterocycles. The smallest absolute Gasteiger partial charge is 0.305 e. The van der Waals surface area contributed by atoms with Crippen molar-refractivity contribution in [1.29, 1.82) is 0 Å². The molecule has 0 heterocycles. The third-order valence-electron chi connectivity index (χ3n) is 4.73. The van der Waals surface area contributed by atoms with E-state index in [9.17, 15) is 4.79 Å². The van der Waals surface area contributed by atoms with Crippen LogP contribution in [-0.4, -0.2) is 23.7 Å². The number of carboxylic acid groups (broad SMARTS) is 1. The first-order valence-corrected chi connectivity index (χ1v) is 8.11. The van der Waals surface area contributed by atoms with Crippen molar-refractivity contribution < 1.29 is 9.90 Å². The summed E-state index contributed by atoms with van der Waals surface area (Å²) in [7, 11) is 0. The van der Waals surface area contributed by atoms with Crippen molar-refractivity contribution in [3.8, 4) is 0 Å². The first-order chi connectivity index (χ1) is 10.1. The number of carboxylic acids is 1. The Hall–Kier alpha value is -1.51. The highest BCUT2D eigenvalue weighted by molar-refractivity contribution is 5.67. The van der Waals surface area contributed by atoms with Crippen LogP contribution in [0.1, 0.15) is 46.0 Å². The van der Waals surface area contributed by atoms with Crippen LogP contribution in [0.4, 0.5) is 5.69 Å². The van der Waals surface area contributed by atoms with E-state index in [4.69, 9.17) is 5.11 Å². The normalized spacial score (nSPS) is 22.2. The van der Waals surface area contributed by atoms with Gasteiger partial charge < -0.3 is 10.0 Å². The Morgan fingerprint density at radius 1 is 1.29 bits per heavy atom. The summed E-state index contributed by atoms with van der Waals surface area (Å²) in [6.45, 7) is 5.21. The van der Waals surface area contributed by atoms with Crippen LogP contribution in [0.2, 0.25) is 0 Å². The Labute approximate surface area is 128 Å². The minimum Gasteiger partial charge on any atom is -0.481 e. The number of benzene rings is 1. The highest BCUT2D eigenvalue weighted by atomic mass is 16.4. The molecule has 1 fully saturated rings. The Bertz CT molecular complexity index is 444. The standard InChI is InChI=1S/C18H27NO2/c1-14(2)15-7-6-10-17(13-15)19(12-11-18(20)21)16-8-4-3-5-9-16/h3-5,8-9,14-15,17H,6-7,10-13H2,1-2H3,(H,20,21). The molecule has 0 bridgehead atoms. The van der Waals surface area contributed by atoms with Crippen molar-refractivity contribution in [2.45, 2.75) is 52.0 Å². The molecule has 21 heavy (non-hydrogen) atoms. The molecule has 1 aromatic rings. The van der Waals surface area contributed by atoms with E-state index < -0.39 is 5.97 Å². The van der Waals surface area contributed by atoms with Crippen LogP contribution < -0.4 is 4.90 Å². The van der Waals surface area contributed by atoms with E-state index in [1.807, 2.05) is 18.2 Å². The maximum Gasteiger partial charge on any atom is 0.305 e. The molecule has 1 N–H and O–H groups in total. The fraction of sp³-hybridized carbons (Fsp3) is 0.611. The molecule has 0 amide bonds. The molecule has 0 spiro atoms. The molecular formula is C18H27NO2. The summed E-state index contributed by atoms with van der Waals surface area (Å²) >= 11 is 0. The van der Waals surface area contributed by atoms with Crippen molar-refractivity contribution in [3.63, 3.8) is 0 Å². The van der Waals surface area contributed by atoms with Crippen LogP contribution in [-0.2, 0) is 4.79 Å². The summed E-state index contributed by atoms with van der Waals surface area (Å²) in [6.07, 6.45) is 5.14. The maximum atomic E-state index is 11.0. The summed E-state index contributed by atoms with van der Waals surface area (Å²) in [6, 6.07) is 10.8. The molecule has 2 unspecified atom stereocenters. The van der Waals surface area contributed by atoms with E-state index in [0.717, 1.165) is 11.6 Å². The van der Waals surface area contributed by atoms with Gasteiger partial charge in [0.15, 0.2) is 0 Å². The third kappa shape index (κ3) is 4.48. The van der Waals surface area contributed by atoms with Gasteiger partial charge in [0.05, 0.1) is 6.42 Å². The largest absolute Gasteiger partial charge is 0.481 e.